The Labute approximate surface area is 116 Å². The summed E-state index contributed by atoms with van der Waals surface area (Å²) in [6.07, 6.45) is 0. The number of hydrogen-bond donors (Lipinski definition) is 1. The quantitative estimate of drug-likeness (QED) is 0.889. The highest BCUT2D eigenvalue weighted by atomic mass is 79.9. The van der Waals surface area contributed by atoms with Crippen LogP contribution in [0.15, 0.2) is 53.0 Å². The molecule has 0 saturated heterocycles. The van der Waals surface area contributed by atoms with Gasteiger partial charge in [0.05, 0.1) is 7.11 Å². The van der Waals surface area contributed by atoms with Crippen LogP contribution in [0.1, 0.15) is 18.5 Å². The van der Waals surface area contributed by atoms with Crippen molar-refractivity contribution >= 4 is 21.6 Å². The SMILES string of the molecule is COc1cccc(NC(C)c2ccccc2Br)c1. The molecule has 1 atom stereocenters. The zero-order chi connectivity index (χ0) is 13.0. The number of nitrogens with one attached hydrogen (secondary N) is 1. The van der Waals surface area contributed by atoms with Gasteiger partial charge in [0.15, 0.2) is 0 Å². The third-order valence-electron chi connectivity index (χ3n) is 2.82. The van der Waals surface area contributed by atoms with E-state index >= 15 is 0 Å². The van der Waals surface area contributed by atoms with Crippen LogP contribution in [0.2, 0.25) is 0 Å². The smallest absolute Gasteiger partial charge is 0.120 e. The van der Waals surface area contributed by atoms with Crippen LogP contribution in [0, 0.1) is 0 Å². The van der Waals surface area contributed by atoms with E-state index in [1.807, 2.05) is 36.4 Å². The molecule has 0 aliphatic heterocycles. The predicted octanol–water partition coefficient (Wildman–Crippen LogP) is 4.63. The number of ether oxygens (including phenoxy) is 1. The highest BCUT2D eigenvalue weighted by Crippen LogP contribution is 2.27. The number of benzene rings is 2. The minimum absolute atomic E-state index is 0.229. The lowest BCUT2D eigenvalue weighted by Crippen LogP contribution is -2.07. The first kappa shape index (κ1) is 13.0. The van der Waals surface area contributed by atoms with Crippen LogP contribution < -0.4 is 10.1 Å². The molecule has 0 spiro atoms. The average molecular weight is 306 g/mol. The number of hydrogen-bond acceptors (Lipinski definition) is 2. The lowest BCUT2D eigenvalue weighted by atomic mass is 10.1. The summed E-state index contributed by atoms with van der Waals surface area (Å²) < 4.78 is 6.34. The molecular weight excluding hydrogens is 290 g/mol. The summed E-state index contributed by atoms with van der Waals surface area (Å²) >= 11 is 3.57. The first-order chi connectivity index (χ1) is 8.70. The molecular formula is C15H16BrNO. The van der Waals surface area contributed by atoms with E-state index < -0.39 is 0 Å². The van der Waals surface area contributed by atoms with Crippen LogP contribution in [-0.2, 0) is 0 Å². The second-order valence-electron chi connectivity index (χ2n) is 4.12. The van der Waals surface area contributed by atoms with Gasteiger partial charge in [0, 0.05) is 22.3 Å². The summed E-state index contributed by atoms with van der Waals surface area (Å²) in [6, 6.07) is 16.4. The molecule has 0 radical (unpaired) electrons. The number of methoxy groups -OCH3 is 1. The van der Waals surface area contributed by atoms with Crippen molar-refractivity contribution < 1.29 is 4.74 Å². The third-order valence-corrected chi connectivity index (χ3v) is 3.55. The van der Waals surface area contributed by atoms with Crippen molar-refractivity contribution in [2.75, 3.05) is 12.4 Å². The van der Waals surface area contributed by atoms with Crippen molar-refractivity contribution in [1.29, 1.82) is 0 Å². The average Bonchev–Trinajstić information content (AvgIpc) is 2.39. The Morgan fingerprint density at radius 3 is 2.61 bits per heavy atom. The Hall–Kier alpha value is -1.48. The molecule has 1 unspecified atom stereocenters. The number of halogens is 1. The molecule has 0 bridgehead atoms. The maximum absolute atomic E-state index is 5.22. The van der Waals surface area contributed by atoms with E-state index in [0.29, 0.717) is 0 Å². The van der Waals surface area contributed by atoms with Crippen molar-refractivity contribution in [3.8, 4) is 5.75 Å². The van der Waals surface area contributed by atoms with E-state index in [2.05, 4.69) is 40.3 Å². The monoisotopic (exact) mass is 305 g/mol. The molecule has 2 rings (SSSR count). The lowest BCUT2D eigenvalue weighted by molar-refractivity contribution is 0.415. The van der Waals surface area contributed by atoms with Crippen molar-refractivity contribution in [2.45, 2.75) is 13.0 Å². The van der Waals surface area contributed by atoms with Gasteiger partial charge in [-0.2, -0.15) is 0 Å². The molecule has 2 aromatic rings. The highest BCUT2D eigenvalue weighted by Gasteiger charge is 2.08. The summed E-state index contributed by atoms with van der Waals surface area (Å²) in [7, 11) is 1.68. The highest BCUT2D eigenvalue weighted by molar-refractivity contribution is 9.10. The third kappa shape index (κ3) is 3.05. The molecule has 94 valence electrons. The lowest BCUT2D eigenvalue weighted by Gasteiger charge is -2.17. The zero-order valence-electron chi connectivity index (χ0n) is 10.5. The summed E-state index contributed by atoms with van der Waals surface area (Å²) in [6.45, 7) is 2.14. The van der Waals surface area contributed by atoms with E-state index in [9.17, 15) is 0 Å². The van der Waals surface area contributed by atoms with Gasteiger partial charge in [0.1, 0.15) is 5.75 Å². The van der Waals surface area contributed by atoms with Gasteiger partial charge in [0.25, 0.3) is 0 Å². The Bertz CT molecular complexity index is 527. The van der Waals surface area contributed by atoms with Gasteiger partial charge in [-0.3, -0.25) is 0 Å². The maximum atomic E-state index is 5.22. The Morgan fingerprint density at radius 2 is 1.89 bits per heavy atom. The van der Waals surface area contributed by atoms with Gasteiger partial charge >= 0.3 is 0 Å². The molecule has 0 amide bonds. The number of rotatable bonds is 4. The summed E-state index contributed by atoms with van der Waals surface area (Å²) in [4.78, 5) is 0. The number of anilines is 1. The molecule has 0 aliphatic rings. The maximum Gasteiger partial charge on any atom is 0.120 e. The van der Waals surface area contributed by atoms with Crippen LogP contribution in [0.3, 0.4) is 0 Å². The van der Waals surface area contributed by atoms with Gasteiger partial charge in [-0.05, 0) is 30.7 Å². The Balaban J connectivity index is 2.16. The van der Waals surface area contributed by atoms with Gasteiger partial charge in [-0.15, -0.1) is 0 Å². The van der Waals surface area contributed by atoms with Crippen molar-refractivity contribution in [1.82, 2.24) is 0 Å². The van der Waals surface area contributed by atoms with Crippen LogP contribution in [0.5, 0.6) is 5.75 Å². The molecule has 2 aromatic carbocycles. The standard InChI is InChI=1S/C15H16BrNO/c1-11(14-8-3-4-9-15(14)16)17-12-6-5-7-13(10-12)18-2/h3-11,17H,1-2H3. The Morgan fingerprint density at radius 1 is 1.11 bits per heavy atom. The normalized spacial score (nSPS) is 11.9. The van der Waals surface area contributed by atoms with E-state index in [1.165, 1.54) is 5.56 Å². The molecule has 0 fully saturated rings. The van der Waals surface area contributed by atoms with Gasteiger partial charge in [-0.25, -0.2) is 0 Å². The molecule has 0 aliphatic carbocycles. The summed E-state index contributed by atoms with van der Waals surface area (Å²) in [5.41, 5.74) is 2.29. The van der Waals surface area contributed by atoms with Gasteiger partial charge < -0.3 is 10.1 Å². The topological polar surface area (TPSA) is 21.3 Å². The van der Waals surface area contributed by atoms with Crippen LogP contribution in [0.25, 0.3) is 0 Å². The molecule has 3 heteroatoms. The van der Waals surface area contributed by atoms with Crippen molar-refractivity contribution in [3.63, 3.8) is 0 Å². The molecule has 2 nitrogen and oxygen atoms in total. The van der Waals surface area contributed by atoms with E-state index in [1.54, 1.807) is 7.11 Å². The minimum Gasteiger partial charge on any atom is -0.497 e. The Kier molecular flexibility index (Phi) is 4.26. The molecule has 0 heterocycles. The first-order valence-electron chi connectivity index (χ1n) is 5.85. The zero-order valence-corrected chi connectivity index (χ0v) is 12.1. The second kappa shape index (κ2) is 5.91. The van der Waals surface area contributed by atoms with E-state index in [-0.39, 0.29) is 6.04 Å². The molecule has 0 aromatic heterocycles. The fourth-order valence-corrected chi connectivity index (χ4v) is 2.50. The molecule has 0 saturated carbocycles. The van der Waals surface area contributed by atoms with E-state index in [0.717, 1.165) is 15.9 Å². The fourth-order valence-electron chi connectivity index (χ4n) is 1.87. The second-order valence-corrected chi connectivity index (χ2v) is 4.97. The van der Waals surface area contributed by atoms with Gasteiger partial charge in [-0.1, -0.05) is 40.2 Å². The molecule has 18 heavy (non-hydrogen) atoms. The van der Waals surface area contributed by atoms with Crippen molar-refractivity contribution in [3.05, 3.63) is 58.6 Å². The van der Waals surface area contributed by atoms with Gasteiger partial charge in [0.2, 0.25) is 0 Å². The van der Waals surface area contributed by atoms with E-state index in [4.69, 9.17) is 4.74 Å². The predicted molar refractivity (Wildman–Crippen MR) is 79.2 cm³/mol. The van der Waals surface area contributed by atoms with Crippen LogP contribution in [0.4, 0.5) is 5.69 Å². The summed E-state index contributed by atoms with van der Waals surface area (Å²) in [5, 5.41) is 3.46. The van der Waals surface area contributed by atoms with Crippen LogP contribution >= 0.6 is 15.9 Å². The van der Waals surface area contributed by atoms with Crippen molar-refractivity contribution in [2.24, 2.45) is 0 Å². The fraction of sp³-hybridized carbons (Fsp3) is 0.200. The largest absolute Gasteiger partial charge is 0.497 e. The van der Waals surface area contributed by atoms with Crippen LogP contribution in [-0.4, -0.2) is 7.11 Å². The minimum atomic E-state index is 0.229. The molecule has 1 N–H and O–H groups in total. The summed E-state index contributed by atoms with van der Waals surface area (Å²) in [5.74, 6) is 0.860. The first-order valence-corrected chi connectivity index (χ1v) is 6.65.